The summed E-state index contributed by atoms with van der Waals surface area (Å²) in [4.78, 5) is 36.3. The number of rotatable bonds is 6. The van der Waals surface area contributed by atoms with Gasteiger partial charge in [0.15, 0.2) is 0 Å². The number of carbonyl (C=O) groups excluding carboxylic acids is 1. The Bertz CT molecular complexity index is 830. The molecule has 0 unspecified atom stereocenters. The van der Waals surface area contributed by atoms with Gasteiger partial charge in [0.2, 0.25) is 11.9 Å². The van der Waals surface area contributed by atoms with Crippen LogP contribution in [0.15, 0.2) is 36.7 Å². The summed E-state index contributed by atoms with van der Waals surface area (Å²) in [5.74, 6) is -0.790. The quantitative estimate of drug-likeness (QED) is 0.770. The van der Waals surface area contributed by atoms with Crippen LogP contribution in [0.25, 0.3) is 0 Å². The standard InChI is InChI=1S/C19H23N5O4/c1-28-13-17(25)22-16-5-4-14(12-15(16)18(26)27)23-8-3-9-24(11-10-23)19-20-6-2-7-21-19/h2,4-7,12H,3,8-11,13H2,1H3,(H,22,25)(H,26,27). The lowest BCUT2D eigenvalue weighted by Crippen LogP contribution is -2.31. The van der Waals surface area contributed by atoms with Crippen LogP contribution in [0, 0.1) is 0 Å². The average molecular weight is 385 g/mol. The number of aromatic carboxylic acids is 1. The molecule has 2 aromatic rings. The Labute approximate surface area is 163 Å². The van der Waals surface area contributed by atoms with Crippen molar-refractivity contribution in [1.29, 1.82) is 0 Å². The molecule has 148 valence electrons. The molecule has 1 aliphatic rings. The molecule has 0 atom stereocenters. The first-order valence-corrected chi connectivity index (χ1v) is 9.01. The molecule has 0 saturated carbocycles. The summed E-state index contributed by atoms with van der Waals surface area (Å²) < 4.78 is 4.77. The lowest BCUT2D eigenvalue weighted by Gasteiger charge is -2.24. The fourth-order valence-electron chi connectivity index (χ4n) is 3.16. The SMILES string of the molecule is COCC(=O)Nc1ccc(N2CCCN(c3ncccn3)CC2)cc1C(=O)O. The molecular formula is C19H23N5O4. The zero-order valence-corrected chi connectivity index (χ0v) is 15.7. The molecule has 1 aromatic carbocycles. The predicted molar refractivity (Wildman–Crippen MR) is 105 cm³/mol. The molecule has 9 heteroatoms. The Kier molecular flexibility index (Phi) is 6.38. The monoisotopic (exact) mass is 385 g/mol. The number of aromatic nitrogens is 2. The molecule has 2 heterocycles. The smallest absolute Gasteiger partial charge is 0.337 e. The number of carboxylic acid groups (broad SMARTS) is 1. The van der Waals surface area contributed by atoms with Gasteiger partial charge >= 0.3 is 5.97 Å². The van der Waals surface area contributed by atoms with Gasteiger partial charge in [-0.3, -0.25) is 4.79 Å². The molecule has 0 bridgehead atoms. The number of nitrogens with one attached hydrogen (secondary N) is 1. The second-order valence-electron chi connectivity index (χ2n) is 6.39. The van der Waals surface area contributed by atoms with Crippen LogP contribution in [-0.2, 0) is 9.53 Å². The highest BCUT2D eigenvalue weighted by molar-refractivity contribution is 6.01. The van der Waals surface area contributed by atoms with E-state index in [-0.39, 0.29) is 17.9 Å². The van der Waals surface area contributed by atoms with E-state index in [4.69, 9.17) is 4.74 Å². The predicted octanol–water partition coefficient (Wildman–Crippen LogP) is 1.48. The van der Waals surface area contributed by atoms with Crippen LogP contribution in [-0.4, -0.2) is 66.8 Å². The van der Waals surface area contributed by atoms with Crippen molar-refractivity contribution in [3.05, 3.63) is 42.2 Å². The van der Waals surface area contributed by atoms with E-state index >= 15 is 0 Å². The number of ether oxygens (including phenoxy) is 1. The van der Waals surface area contributed by atoms with Crippen LogP contribution in [0.5, 0.6) is 0 Å². The molecule has 1 aliphatic heterocycles. The van der Waals surface area contributed by atoms with Crippen molar-refractivity contribution in [1.82, 2.24) is 9.97 Å². The molecule has 0 aliphatic carbocycles. The van der Waals surface area contributed by atoms with Gasteiger partial charge in [0.25, 0.3) is 0 Å². The molecule has 28 heavy (non-hydrogen) atoms. The number of hydrogen-bond donors (Lipinski definition) is 2. The van der Waals surface area contributed by atoms with Gasteiger partial charge in [-0.15, -0.1) is 0 Å². The van der Waals surface area contributed by atoms with E-state index < -0.39 is 11.9 Å². The molecule has 9 nitrogen and oxygen atoms in total. The van der Waals surface area contributed by atoms with Crippen LogP contribution in [0.4, 0.5) is 17.3 Å². The summed E-state index contributed by atoms with van der Waals surface area (Å²) in [5.41, 5.74) is 1.11. The van der Waals surface area contributed by atoms with Crippen molar-refractivity contribution in [2.75, 3.05) is 55.0 Å². The van der Waals surface area contributed by atoms with Crippen molar-refractivity contribution in [3.63, 3.8) is 0 Å². The van der Waals surface area contributed by atoms with Crippen molar-refractivity contribution in [3.8, 4) is 0 Å². The van der Waals surface area contributed by atoms with Gasteiger partial charge in [-0.2, -0.15) is 0 Å². The largest absolute Gasteiger partial charge is 0.478 e. The summed E-state index contributed by atoms with van der Waals surface area (Å²) in [6.45, 7) is 2.94. The van der Waals surface area contributed by atoms with Crippen LogP contribution >= 0.6 is 0 Å². The molecule has 2 N–H and O–H groups in total. The molecule has 1 aromatic heterocycles. The minimum Gasteiger partial charge on any atom is -0.478 e. The number of nitrogens with zero attached hydrogens (tertiary/aromatic N) is 4. The maximum atomic E-state index is 11.7. The minimum atomic E-state index is -1.09. The zero-order valence-electron chi connectivity index (χ0n) is 15.7. The van der Waals surface area contributed by atoms with Crippen LogP contribution in [0.2, 0.25) is 0 Å². The third-order valence-electron chi connectivity index (χ3n) is 4.48. The van der Waals surface area contributed by atoms with Gasteiger partial charge in [-0.05, 0) is 30.7 Å². The summed E-state index contributed by atoms with van der Waals surface area (Å²) in [6.07, 6.45) is 4.34. The summed E-state index contributed by atoms with van der Waals surface area (Å²) in [7, 11) is 1.41. The minimum absolute atomic E-state index is 0.0504. The first-order chi connectivity index (χ1) is 13.6. The van der Waals surface area contributed by atoms with Crippen LogP contribution in [0.3, 0.4) is 0 Å². The number of methoxy groups -OCH3 is 1. The van der Waals surface area contributed by atoms with E-state index in [1.54, 1.807) is 30.6 Å². The maximum Gasteiger partial charge on any atom is 0.337 e. The topological polar surface area (TPSA) is 108 Å². The second kappa shape index (κ2) is 9.14. The van der Waals surface area contributed by atoms with Crippen molar-refractivity contribution < 1.29 is 19.4 Å². The van der Waals surface area contributed by atoms with Crippen molar-refractivity contribution >= 4 is 29.2 Å². The lowest BCUT2D eigenvalue weighted by atomic mass is 10.1. The third-order valence-corrected chi connectivity index (χ3v) is 4.48. The average Bonchev–Trinajstić information content (AvgIpc) is 2.95. The maximum absolute atomic E-state index is 11.7. The third kappa shape index (κ3) is 4.74. The molecule has 1 amide bonds. The second-order valence-corrected chi connectivity index (χ2v) is 6.39. The highest BCUT2D eigenvalue weighted by Crippen LogP contribution is 2.25. The number of amides is 1. The van der Waals surface area contributed by atoms with Crippen molar-refractivity contribution in [2.45, 2.75) is 6.42 Å². The fourth-order valence-corrected chi connectivity index (χ4v) is 3.16. The number of anilines is 3. The Morgan fingerprint density at radius 1 is 1.14 bits per heavy atom. The fraction of sp³-hybridized carbons (Fsp3) is 0.368. The molecule has 0 radical (unpaired) electrons. The van der Waals surface area contributed by atoms with Crippen molar-refractivity contribution in [2.24, 2.45) is 0 Å². The summed E-state index contributed by atoms with van der Waals surface area (Å²) >= 11 is 0. The van der Waals surface area contributed by atoms with E-state index in [0.717, 1.165) is 31.7 Å². The molecule has 0 spiro atoms. The number of carbonyl (C=O) groups is 2. The van der Waals surface area contributed by atoms with Gasteiger partial charge in [0, 0.05) is 51.4 Å². The van der Waals surface area contributed by atoms with Crippen LogP contribution in [0.1, 0.15) is 16.8 Å². The summed E-state index contributed by atoms with van der Waals surface area (Å²) in [6, 6.07) is 6.83. The highest BCUT2D eigenvalue weighted by atomic mass is 16.5. The molecule has 3 rings (SSSR count). The number of hydrogen-bond acceptors (Lipinski definition) is 7. The van der Waals surface area contributed by atoms with E-state index in [1.807, 2.05) is 6.07 Å². The zero-order chi connectivity index (χ0) is 19.9. The normalized spacial score (nSPS) is 14.5. The lowest BCUT2D eigenvalue weighted by molar-refractivity contribution is -0.119. The van der Waals surface area contributed by atoms with E-state index in [1.165, 1.54) is 7.11 Å². The Morgan fingerprint density at radius 3 is 2.57 bits per heavy atom. The Hall–Kier alpha value is -3.20. The van der Waals surface area contributed by atoms with E-state index in [9.17, 15) is 14.7 Å². The number of carboxylic acids is 1. The van der Waals surface area contributed by atoms with Gasteiger partial charge in [0.05, 0.1) is 11.3 Å². The van der Waals surface area contributed by atoms with Gasteiger partial charge in [0.1, 0.15) is 6.61 Å². The summed E-state index contributed by atoms with van der Waals surface area (Å²) in [5, 5.41) is 12.1. The highest BCUT2D eigenvalue weighted by Gasteiger charge is 2.20. The van der Waals surface area contributed by atoms with E-state index in [0.29, 0.717) is 12.5 Å². The first-order valence-electron chi connectivity index (χ1n) is 9.01. The van der Waals surface area contributed by atoms with Gasteiger partial charge < -0.3 is 25.0 Å². The van der Waals surface area contributed by atoms with Gasteiger partial charge in [-0.1, -0.05) is 0 Å². The number of benzene rings is 1. The van der Waals surface area contributed by atoms with Crippen LogP contribution < -0.4 is 15.1 Å². The molecule has 1 saturated heterocycles. The molecule has 1 fully saturated rings. The van der Waals surface area contributed by atoms with E-state index in [2.05, 4.69) is 25.1 Å². The molecular weight excluding hydrogens is 362 g/mol. The Balaban J connectivity index is 1.75. The first kappa shape index (κ1) is 19.6. The Morgan fingerprint density at radius 2 is 1.86 bits per heavy atom. The van der Waals surface area contributed by atoms with Gasteiger partial charge in [-0.25, -0.2) is 14.8 Å².